The second-order valence-electron chi connectivity index (χ2n) is 3.57. The number of hydrogen-bond donors (Lipinski definition) is 2. The van der Waals surface area contributed by atoms with Gasteiger partial charge in [0.25, 0.3) is 0 Å². The summed E-state index contributed by atoms with van der Waals surface area (Å²) in [4.78, 5) is 2.59. The molecule has 112 valence electrons. The number of thioether (sulfide) groups is 1. The maximum Gasteiger partial charge on any atom is 0.234 e. The van der Waals surface area contributed by atoms with Crippen LogP contribution in [0.4, 0.5) is 0 Å². The Bertz CT molecular complexity index is 349. The number of hydrogen-bond acceptors (Lipinski definition) is 5. The van der Waals surface area contributed by atoms with Crippen LogP contribution in [0.25, 0.3) is 0 Å². The minimum Gasteiger partial charge on any atom is -0.374 e. The monoisotopic (exact) mass is 426 g/mol. The molecule has 2 N–H and O–H groups in total. The highest BCUT2D eigenvalue weighted by atomic mass is 35.6. The van der Waals surface area contributed by atoms with E-state index in [2.05, 4.69) is 0 Å². The van der Waals surface area contributed by atoms with Gasteiger partial charge in [0.1, 0.15) is 4.32 Å². The number of aliphatic hydroxyl groups is 2. The predicted octanol–water partition coefficient (Wildman–Crippen LogP) is 2.91. The lowest BCUT2D eigenvalue weighted by atomic mass is 10.5. The highest BCUT2D eigenvalue weighted by Crippen LogP contribution is 2.38. The molecule has 0 aromatic carbocycles. The summed E-state index contributed by atoms with van der Waals surface area (Å²) < 4.78 is -3.55. The molecule has 1 aliphatic heterocycles. The van der Waals surface area contributed by atoms with Crippen molar-refractivity contribution < 1.29 is 10.2 Å². The normalized spacial score (nSPS) is 22.5. The van der Waals surface area contributed by atoms with Crippen molar-refractivity contribution in [1.82, 2.24) is 9.80 Å². The van der Waals surface area contributed by atoms with Crippen molar-refractivity contribution in [2.24, 2.45) is 0 Å². The predicted molar refractivity (Wildman–Crippen MR) is 86.2 cm³/mol. The van der Waals surface area contributed by atoms with Crippen molar-refractivity contribution in [1.29, 1.82) is 0 Å². The van der Waals surface area contributed by atoms with E-state index in [0.29, 0.717) is 4.32 Å². The summed E-state index contributed by atoms with van der Waals surface area (Å²) >= 11 is 39.8. The zero-order chi connectivity index (χ0) is 15.0. The van der Waals surface area contributed by atoms with E-state index in [1.807, 2.05) is 0 Å². The van der Waals surface area contributed by atoms with E-state index in [0.717, 1.165) is 11.8 Å². The van der Waals surface area contributed by atoms with Gasteiger partial charge in [-0.1, -0.05) is 93.6 Å². The lowest BCUT2D eigenvalue weighted by molar-refractivity contribution is -0.0394. The minimum absolute atomic E-state index is 0.0456. The third kappa shape index (κ3) is 5.21. The Morgan fingerprint density at radius 2 is 1.53 bits per heavy atom. The molecule has 1 heterocycles. The van der Waals surface area contributed by atoms with Crippen LogP contribution in [0, 0.1) is 0 Å². The van der Waals surface area contributed by atoms with Gasteiger partial charge in [0, 0.05) is 0 Å². The number of thiocarbonyl (C=S) groups is 1. The highest BCUT2D eigenvalue weighted by Gasteiger charge is 2.43. The van der Waals surface area contributed by atoms with Gasteiger partial charge in [-0.05, 0) is 0 Å². The fourth-order valence-corrected chi connectivity index (χ4v) is 3.13. The van der Waals surface area contributed by atoms with Gasteiger partial charge in [-0.2, -0.15) is 0 Å². The molecule has 19 heavy (non-hydrogen) atoms. The summed E-state index contributed by atoms with van der Waals surface area (Å²) in [5.74, 6) is 0.275. The van der Waals surface area contributed by atoms with Gasteiger partial charge in [0.2, 0.25) is 7.59 Å². The number of rotatable bonds is 2. The SMILES string of the molecule is OC(N1CSC(=S)N(C(O)C(Cl)(Cl)Cl)C1)C(Cl)(Cl)Cl. The molecule has 0 saturated carbocycles. The molecule has 4 nitrogen and oxygen atoms in total. The van der Waals surface area contributed by atoms with Crippen LogP contribution in [-0.4, -0.2) is 56.9 Å². The first kappa shape index (κ1) is 18.9. The van der Waals surface area contributed by atoms with Gasteiger partial charge in [0.15, 0.2) is 12.5 Å². The Kier molecular flexibility index (Phi) is 6.93. The topological polar surface area (TPSA) is 46.9 Å². The first-order valence-electron chi connectivity index (χ1n) is 4.61. The quantitative estimate of drug-likeness (QED) is 0.521. The summed E-state index contributed by atoms with van der Waals surface area (Å²) in [6.07, 6.45) is -2.87. The van der Waals surface area contributed by atoms with Gasteiger partial charge in [0.05, 0.1) is 12.5 Å². The number of aliphatic hydroxyl groups excluding tert-OH is 2. The molecule has 0 aromatic heterocycles. The lowest BCUT2D eigenvalue weighted by Gasteiger charge is -2.43. The molecule has 0 aromatic rings. The Labute approximate surface area is 149 Å². The van der Waals surface area contributed by atoms with Crippen LogP contribution in [0.2, 0.25) is 0 Å². The number of nitrogens with zero attached hydrogens (tertiary/aromatic N) is 2. The molecule has 2 unspecified atom stereocenters. The molecular formula is C7H8Cl6N2O2S2. The molecule has 0 radical (unpaired) electrons. The van der Waals surface area contributed by atoms with E-state index in [-0.39, 0.29) is 12.5 Å². The minimum atomic E-state index is -1.96. The molecule has 1 saturated heterocycles. The Hall–Kier alpha value is 1.86. The van der Waals surface area contributed by atoms with Crippen molar-refractivity contribution in [2.75, 3.05) is 12.5 Å². The summed E-state index contributed by atoms with van der Waals surface area (Å²) in [5, 5.41) is 19.8. The standard InChI is InChI=1S/C7H8Cl6N2O2S2/c8-6(9,10)3(16)14-1-15(5(18)19-2-14)4(17)7(11,12)13/h3-4,16-17H,1-2H2. The van der Waals surface area contributed by atoms with E-state index >= 15 is 0 Å². The summed E-state index contributed by atoms with van der Waals surface area (Å²) in [6.45, 7) is -0.0456. The van der Waals surface area contributed by atoms with Gasteiger partial charge >= 0.3 is 0 Å². The molecule has 1 rings (SSSR count). The third-order valence-corrected chi connectivity index (χ3v) is 4.85. The molecule has 0 bridgehead atoms. The Balaban J connectivity index is 2.82. The van der Waals surface area contributed by atoms with Crippen molar-refractivity contribution in [3.8, 4) is 0 Å². The first-order chi connectivity index (χ1) is 8.44. The van der Waals surface area contributed by atoms with Crippen LogP contribution in [0.5, 0.6) is 0 Å². The molecule has 1 fully saturated rings. The average Bonchev–Trinajstić information content (AvgIpc) is 2.25. The van der Waals surface area contributed by atoms with E-state index in [1.54, 1.807) is 0 Å². The smallest absolute Gasteiger partial charge is 0.234 e. The van der Waals surface area contributed by atoms with Crippen LogP contribution in [0.3, 0.4) is 0 Å². The average molecular weight is 429 g/mol. The molecule has 1 aliphatic rings. The van der Waals surface area contributed by atoms with E-state index in [9.17, 15) is 10.2 Å². The third-order valence-electron chi connectivity index (χ3n) is 2.15. The van der Waals surface area contributed by atoms with Gasteiger partial charge in [-0.15, -0.1) is 0 Å². The van der Waals surface area contributed by atoms with Crippen LogP contribution >= 0.6 is 93.6 Å². The first-order valence-corrected chi connectivity index (χ1v) is 8.27. The van der Waals surface area contributed by atoms with Gasteiger partial charge < -0.3 is 15.1 Å². The van der Waals surface area contributed by atoms with Crippen LogP contribution in [0.1, 0.15) is 0 Å². The molecular weight excluding hydrogens is 421 g/mol. The summed E-state index contributed by atoms with van der Waals surface area (Å²) in [7, 11) is 0. The molecule has 0 aliphatic carbocycles. The van der Waals surface area contributed by atoms with Gasteiger partial charge in [-0.3, -0.25) is 0 Å². The molecule has 0 spiro atoms. The van der Waals surface area contributed by atoms with E-state index in [1.165, 1.54) is 9.80 Å². The molecule has 0 amide bonds. The summed E-state index contributed by atoms with van der Waals surface area (Å²) in [5.41, 5.74) is 0. The Morgan fingerprint density at radius 3 is 1.95 bits per heavy atom. The summed E-state index contributed by atoms with van der Waals surface area (Å²) in [6, 6.07) is 0. The fraction of sp³-hybridized carbons (Fsp3) is 0.857. The molecule has 2 atom stereocenters. The largest absolute Gasteiger partial charge is 0.374 e. The second kappa shape index (κ2) is 6.96. The van der Waals surface area contributed by atoms with Crippen molar-refractivity contribution in [3.63, 3.8) is 0 Å². The Morgan fingerprint density at radius 1 is 1.05 bits per heavy atom. The number of alkyl halides is 6. The zero-order valence-corrected chi connectivity index (χ0v) is 15.1. The second-order valence-corrected chi connectivity index (χ2v) is 9.89. The maximum atomic E-state index is 9.91. The fourth-order valence-electron chi connectivity index (χ4n) is 1.22. The highest BCUT2D eigenvalue weighted by molar-refractivity contribution is 8.22. The maximum absolute atomic E-state index is 9.91. The zero-order valence-electron chi connectivity index (χ0n) is 8.94. The lowest BCUT2D eigenvalue weighted by Crippen LogP contribution is -2.58. The van der Waals surface area contributed by atoms with E-state index < -0.39 is 20.0 Å². The van der Waals surface area contributed by atoms with E-state index in [4.69, 9.17) is 81.8 Å². The number of halogens is 6. The van der Waals surface area contributed by atoms with Crippen molar-refractivity contribution in [2.45, 2.75) is 20.0 Å². The van der Waals surface area contributed by atoms with Crippen LogP contribution < -0.4 is 0 Å². The van der Waals surface area contributed by atoms with Gasteiger partial charge in [-0.25, -0.2) is 4.90 Å². The van der Waals surface area contributed by atoms with Crippen molar-refractivity contribution in [3.05, 3.63) is 0 Å². The molecule has 12 heteroatoms. The van der Waals surface area contributed by atoms with Crippen LogP contribution in [-0.2, 0) is 0 Å². The van der Waals surface area contributed by atoms with Crippen molar-refractivity contribution >= 4 is 97.9 Å². The van der Waals surface area contributed by atoms with Crippen LogP contribution in [0.15, 0.2) is 0 Å².